The van der Waals surface area contributed by atoms with Gasteiger partial charge >= 0.3 is 18.2 Å². The van der Waals surface area contributed by atoms with Crippen molar-refractivity contribution in [1.82, 2.24) is 10.2 Å². The summed E-state index contributed by atoms with van der Waals surface area (Å²) in [7, 11) is 0. The lowest BCUT2D eigenvalue weighted by Crippen LogP contribution is -2.49. The molecule has 0 aromatic rings. The van der Waals surface area contributed by atoms with Crippen LogP contribution in [0.2, 0.25) is 0 Å². The van der Waals surface area contributed by atoms with Crippen LogP contribution in [0, 0.1) is 0 Å². The Morgan fingerprint density at radius 2 is 1.70 bits per heavy atom. The summed E-state index contributed by atoms with van der Waals surface area (Å²) in [6, 6.07) is -0.331. The predicted molar refractivity (Wildman–Crippen MR) is 111 cm³/mol. The molecule has 9 heteroatoms. The van der Waals surface area contributed by atoms with E-state index >= 15 is 0 Å². The Hall–Kier alpha value is -2.29. The third-order valence-corrected chi connectivity index (χ3v) is 3.81. The maximum Gasteiger partial charge on any atom is 0.413 e. The fourth-order valence-electron chi connectivity index (χ4n) is 2.65. The summed E-state index contributed by atoms with van der Waals surface area (Å²) in [4.78, 5) is 37.4. The SMILES string of the molecule is CC(C)(C)OC(=O)NCCC(=O)OC/C=C/[C@H]1COC(C)(C)N1C(=O)OC(C)(C)C. The average molecular weight is 429 g/mol. The molecular formula is C21H36N2O7. The van der Waals surface area contributed by atoms with Gasteiger partial charge in [-0.05, 0) is 61.5 Å². The van der Waals surface area contributed by atoms with Gasteiger partial charge in [-0.25, -0.2) is 9.59 Å². The topological polar surface area (TPSA) is 103 Å². The van der Waals surface area contributed by atoms with Gasteiger partial charge in [0.2, 0.25) is 0 Å². The lowest BCUT2D eigenvalue weighted by Gasteiger charge is -2.34. The van der Waals surface area contributed by atoms with Gasteiger partial charge in [0, 0.05) is 6.54 Å². The molecule has 0 aliphatic carbocycles. The Morgan fingerprint density at radius 3 is 2.27 bits per heavy atom. The first-order valence-electron chi connectivity index (χ1n) is 10.1. The summed E-state index contributed by atoms with van der Waals surface area (Å²) in [6.45, 7) is 14.7. The van der Waals surface area contributed by atoms with E-state index in [1.807, 2.05) is 0 Å². The van der Waals surface area contributed by atoms with Crippen LogP contribution >= 0.6 is 0 Å². The first-order valence-corrected chi connectivity index (χ1v) is 10.1. The molecule has 1 heterocycles. The third kappa shape index (κ3) is 9.47. The Kier molecular flexibility index (Phi) is 8.71. The summed E-state index contributed by atoms with van der Waals surface area (Å²) in [6.07, 6.45) is 2.39. The molecule has 0 bridgehead atoms. The number of hydrogen-bond acceptors (Lipinski definition) is 7. The molecule has 1 atom stereocenters. The van der Waals surface area contributed by atoms with Gasteiger partial charge in [-0.15, -0.1) is 0 Å². The molecule has 1 N–H and O–H groups in total. The second-order valence-electron chi connectivity index (χ2n) is 9.47. The monoisotopic (exact) mass is 428 g/mol. The molecule has 30 heavy (non-hydrogen) atoms. The quantitative estimate of drug-likeness (QED) is 0.393. The second-order valence-corrected chi connectivity index (χ2v) is 9.47. The van der Waals surface area contributed by atoms with Crippen molar-refractivity contribution in [2.24, 2.45) is 0 Å². The number of carbonyl (C=O) groups is 3. The van der Waals surface area contributed by atoms with E-state index in [9.17, 15) is 14.4 Å². The number of hydrogen-bond donors (Lipinski definition) is 1. The Morgan fingerprint density at radius 1 is 1.10 bits per heavy atom. The molecule has 0 radical (unpaired) electrons. The Bertz CT molecular complexity index is 645. The number of carbonyl (C=O) groups excluding carboxylic acids is 3. The van der Waals surface area contributed by atoms with Gasteiger partial charge < -0.3 is 24.3 Å². The van der Waals surface area contributed by atoms with Crippen LogP contribution in [0.4, 0.5) is 9.59 Å². The van der Waals surface area contributed by atoms with E-state index in [4.69, 9.17) is 18.9 Å². The Labute approximate surface area is 179 Å². The second kappa shape index (κ2) is 10.1. The molecule has 0 spiro atoms. The summed E-state index contributed by atoms with van der Waals surface area (Å²) in [5.41, 5.74) is -2.02. The van der Waals surface area contributed by atoms with Gasteiger partial charge in [-0.3, -0.25) is 9.69 Å². The number of alkyl carbamates (subject to hydrolysis) is 1. The Balaban J connectivity index is 2.44. The van der Waals surface area contributed by atoms with Crippen LogP contribution < -0.4 is 5.32 Å². The normalized spacial score (nSPS) is 18.9. The number of esters is 1. The van der Waals surface area contributed by atoms with Crippen molar-refractivity contribution in [3.63, 3.8) is 0 Å². The molecule has 0 unspecified atom stereocenters. The third-order valence-electron chi connectivity index (χ3n) is 3.81. The standard InChI is InChI=1S/C21H36N2O7/c1-19(2,3)29-17(25)22-12-11-16(24)27-13-9-10-15-14-28-21(7,8)23(15)18(26)30-20(4,5)6/h9-10,15H,11-14H2,1-8H3,(H,22,25)/b10-9+/t15-/m0/s1. The first kappa shape index (κ1) is 25.7. The highest BCUT2D eigenvalue weighted by molar-refractivity contribution is 5.72. The van der Waals surface area contributed by atoms with Gasteiger partial charge in [0.1, 0.15) is 23.5 Å². The summed E-state index contributed by atoms with van der Waals surface area (Å²) >= 11 is 0. The number of nitrogens with one attached hydrogen (secondary N) is 1. The highest BCUT2D eigenvalue weighted by Gasteiger charge is 2.44. The van der Waals surface area contributed by atoms with E-state index in [0.717, 1.165) is 0 Å². The molecule has 0 aromatic carbocycles. The molecule has 1 aliphatic heterocycles. The van der Waals surface area contributed by atoms with E-state index in [1.165, 1.54) is 4.90 Å². The minimum Gasteiger partial charge on any atom is -0.461 e. The van der Waals surface area contributed by atoms with Crippen LogP contribution in [0.25, 0.3) is 0 Å². The zero-order valence-corrected chi connectivity index (χ0v) is 19.4. The van der Waals surface area contributed by atoms with Crippen molar-refractivity contribution in [2.75, 3.05) is 19.8 Å². The lowest BCUT2D eigenvalue weighted by atomic mass is 10.2. The minimum atomic E-state index is -0.804. The average Bonchev–Trinajstić information content (AvgIpc) is 2.82. The highest BCUT2D eigenvalue weighted by Crippen LogP contribution is 2.29. The number of rotatable bonds is 6. The van der Waals surface area contributed by atoms with Gasteiger partial charge in [0.25, 0.3) is 0 Å². The van der Waals surface area contributed by atoms with Crippen LogP contribution in [0.3, 0.4) is 0 Å². The zero-order chi connectivity index (χ0) is 23.2. The molecule has 172 valence electrons. The predicted octanol–water partition coefficient (Wildman–Crippen LogP) is 3.37. The maximum atomic E-state index is 12.5. The van der Waals surface area contributed by atoms with E-state index < -0.39 is 35.1 Å². The van der Waals surface area contributed by atoms with Crippen molar-refractivity contribution in [2.45, 2.75) is 84.8 Å². The van der Waals surface area contributed by atoms with E-state index in [0.29, 0.717) is 6.61 Å². The van der Waals surface area contributed by atoms with Gasteiger partial charge in [-0.1, -0.05) is 6.08 Å². The molecule has 1 fully saturated rings. The molecule has 2 amide bonds. The van der Waals surface area contributed by atoms with E-state index in [-0.39, 0.29) is 25.6 Å². The highest BCUT2D eigenvalue weighted by atomic mass is 16.6. The van der Waals surface area contributed by atoms with Crippen LogP contribution in [-0.2, 0) is 23.7 Å². The first-order chi connectivity index (χ1) is 13.6. The molecule has 1 aliphatic rings. The van der Waals surface area contributed by atoms with Gasteiger partial charge in [-0.2, -0.15) is 0 Å². The number of ether oxygens (including phenoxy) is 4. The van der Waals surface area contributed by atoms with Crippen molar-refractivity contribution < 1.29 is 33.3 Å². The van der Waals surface area contributed by atoms with Crippen molar-refractivity contribution in [1.29, 1.82) is 0 Å². The van der Waals surface area contributed by atoms with Crippen molar-refractivity contribution in [3.8, 4) is 0 Å². The van der Waals surface area contributed by atoms with E-state index in [2.05, 4.69) is 5.32 Å². The van der Waals surface area contributed by atoms with Crippen LogP contribution in [0.5, 0.6) is 0 Å². The number of nitrogens with zero attached hydrogens (tertiary/aromatic N) is 1. The molecule has 0 aromatic heterocycles. The van der Waals surface area contributed by atoms with Crippen LogP contribution in [0.1, 0.15) is 61.8 Å². The fourth-order valence-corrected chi connectivity index (χ4v) is 2.65. The maximum absolute atomic E-state index is 12.5. The number of amides is 2. The summed E-state index contributed by atoms with van der Waals surface area (Å²) in [5, 5.41) is 2.50. The molecule has 9 nitrogen and oxygen atoms in total. The fraction of sp³-hybridized carbons (Fsp3) is 0.762. The van der Waals surface area contributed by atoms with Crippen molar-refractivity contribution >= 4 is 18.2 Å². The largest absolute Gasteiger partial charge is 0.461 e. The van der Waals surface area contributed by atoms with Crippen LogP contribution in [0.15, 0.2) is 12.2 Å². The molecule has 0 saturated carbocycles. The summed E-state index contributed by atoms with van der Waals surface area (Å²) < 4.78 is 21.4. The molecule has 1 rings (SSSR count). The van der Waals surface area contributed by atoms with Gasteiger partial charge in [0.05, 0.1) is 19.1 Å². The van der Waals surface area contributed by atoms with Crippen molar-refractivity contribution in [3.05, 3.63) is 12.2 Å². The smallest absolute Gasteiger partial charge is 0.413 e. The van der Waals surface area contributed by atoms with E-state index in [1.54, 1.807) is 67.5 Å². The molecule has 1 saturated heterocycles. The van der Waals surface area contributed by atoms with Gasteiger partial charge in [0.15, 0.2) is 0 Å². The molecular weight excluding hydrogens is 392 g/mol. The van der Waals surface area contributed by atoms with Crippen LogP contribution in [-0.4, -0.2) is 65.8 Å². The summed E-state index contributed by atoms with van der Waals surface area (Å²) in [5.74, 6) is -0.456. The lowest BCUT2D eigenvalue weighted by molar-refractivity contribution is -0.142. The zero-order valence-electron chi connectivity index (χ0n) is 19.4. The minimum absolute atomic E-state index is 0.0245.